The summed E-state index contributed by atoms with van der Waals surface area (Å²) in [6.07, 6.45) is 0.944. The Kier molecular flexibility index (Phi) is 6.74. The minimum atomic E-state index is -2.02. The summed E-state index contributed by atoms with van der Waals surface area (Å²) in [5, 5.41) is 4.09. The standard InChI is InChI=1S/C28H28OP/c1-2-28(29-23-24-15-7-3-8-16-24)30(25-17-9-4-10-18-25,26-19-11-5-12-20-26)27-21-13-6-14-22-27/h3-22,28H,2,23H2,1H3/q+1. The summed E-state index contributed by atoms with van der Waals surface area (Å²) in [7, 11) is -2.02. The Balaban J connectivity index is 1.89. The molecule has 0 saturated heterocycles. The highest BCUT2D eigenvalue weighted by atomic mass is 31.2. The van der Waals surface area contributed by atoms with Gasteiger partial charge in [0.05, 0.1) is 6.61 Å². The highest BCUT2D eigenvalue weighted by Crippen LogP contribution is 2.61. The molecule has 150 valence electrons. The van der Waals surface area contributed by atoms with E-state index in [-0.39, 0.29) is 5.85 Å². The second-order valence-corrected chi connectivity index (χ2v) is 11.0. The summed E-state index contributed by atoms with van der Waals surface area (Å²) in [5.74, 6) is 0.0879. The summed E-state index contributed by atoms with van der Waals surface area (Å²) < 4.78 is 6.76. The molecule has 0 saturated carbocycles. The van der Waals surface area contributed by atoms with Crippen molar-refractivity contribution in [3.63, 3.8) is 0 Å². The lowest BCUT2D eigenvalue weighted by molar-refractivity contribution is 0.0927. The summed E-state index contributed by atoms with van der Waals surface area (Å²) in [6.45, 7) is 2.87. The number of ether oxygens (including phenoxy) is 1. The maximum absolute atomic E-state index is 6.76. The second-order valence-electron chi connectivity index (χ2n) is 7.39. The van der Waals surface area contributed by atoms with E-state index in [1.54, 1.807) is 0 Å². The van der Waals surface area contributed by atoms with Crippen molar-refractivity contribution in [2.75, 3.05) is 0 Å². The molecule has 1 atom stereocenters. The number of benzene rings is 4. The van der Waals surface area contributed by atoms with Crippen LogP contribution in [0.25, 0.3) is 0 Å². The Bertz CT molecular complexity index is 921. The van der Waals surface area contributed by atoms with Crippen molar-refractivity contribution in [2.24, 2.45) is 0 Å². The zero-order valence-corrected chi connectivity index (χ0v) is 18.3. The van der Waals surface area contributed by atoms with E-state index in [9.17, 15) is 0 Å². The van der Waals surface area contributed by atoms with Gasteiger partial charge in [-0.2, -0.15) is 0 Å². The predicted octanol–water partition coefficient (Wildman–Crippen LogP) is 5.93. The van der Waals surface area contributed by atoms with Crippen LogP contribution in [0.15, 0.2) is 121 Å². The largest absolute Gasteiger partial charge is 0.338 e. The smallest absolute Gasteiger partial charge is 0.181 e. The molecular weight excluding hydrogens is 383 g/mol. The highest BCUT2D eigenvalue weighted by Gasteiger charge is 2.52. The van der Waals surface area contributed by atoms with E-state index in [0.717, 1.165) is 6.42 Å². The molecule has 30 heavy (non-hydrogen) atoms. The van der Waals surface area contributed by atoms with Crippen LogP contribution in [-0.2, 0) is 11.3 Å². The third-order valence-corrected chi connectivity index (χ3v) is 10.3. The van der Waals surface area contributed by atoms with E-state index in [0.29, 0.717) is 6.61 Å². The summed E-state index contributed by atoms with van der Waals surface area (Å²) >= 11 is 0. The first-order valence-corrected chi connectivity index (χ1v) is 12.4. The lowest BCUT2D eigenvalue weighted by Gasteiger charge is -2.34. The Labute approximate surface area is 180 Å². The van der Waals surface area contributed by atoms with Gasteiger partial charge in [-0.25, -0.2) is 0 Å². The van der Waals surface area contributed by atoms with Crippen LogP contribution in [0.1, 0.15) is 18.9 Å². The highest BCUT2D eigenvalue weighted by molar-refractivity contribution is 7.96. The fourth-order valence-corrected chi connectivity index (χ4v) is 8.87. The van der Waals surface area contributed by atoms with Crippen LogP contribution >= 0.6 is 7.26 Å². The van der Waals surface area contributed by atoms with Crippen LogP contribution in [0, 0.1) is 0 Å². The summed E-state index contributed by atoms with van der Waals surface area (Å²) in [6, 6.07) is 43.4. The summed E-state index contributed by atoms with van der Waals surface area (Å²) in [4.78, 5) is 0. The lowest BCUT2D eigenvalue weighted by atomic mass is 10.2. The zero-order chi connectivity index (χ0) is 20.7. The SMILES string of the molecule is CCC(OCc1ccccc1)[P+](c1ccccc1)(c1ccccc1)c1ccccc1. The Morgan fingerprint density at radius 3 is 1.30 bits per heavy atom. The minimum Gasteiger partial charge on any atom is -0.338 e. The lowest BCUT2D eigenvalue weighted by Crippen LogP contribution is -2.39. The van der Waals surface area contributed by atoms with Crippen molar-refractivity contribution >= 4 is 23.2 Å². The first kappa shape index (κ1) is 20.5. The molecule has 0 aliphatic rings. The van der Waals surface area contributed by atoms with Crippen LogP contribution in [0.3, 0.4) is 0 Å². The number of hydrogen-bond acceptors (Lipinski definition) is 1. The fraction of sp³-hybridized carbons (Fsp3) is 0.143. The maximum atomic E-state index is 6.76. The van der Waals surface area contributed by atoms with Gasteiger partial charge in [0.1, 0.15) is 23.2 Å². The van der Waals surface area contributed by atoms with Gasteiger partial charge in [-0.1, -0.05) is 91.9 Å². The molecular formula is C28H28OP+. The number of rotatable bonds is 8. The van der Waals surface area contributed by atoms with Crippen molar-refractivity contribution in [3.8, 4) is 0 Å². The van der Waals surface area contributed by atoms with Crippen LogP contribution in [0.4, 0.5) is 0 Å². The predicted molar refractivity (Wildman–Crippen MR) is 130 cm³/mol. The van der Waals surface area contributed by atoms with E-state index < -0.39 is 7.26 Å². The van der Waals surface area contributed by atoms with Crippen molar-refractivity contribution in [2.45, 2.75) is 25.8 Å². The van der Waals surface area contributed by atoms with Gasteiger partial charge in [-0.15, -0.1) is 0 Å². The molecule has 1 unspecified atom stereocenters. The van der Waals surface area contributed by atoms with E-state index in [4.69, 9.17) is 4.74 Å². The molecule has 0 heterocycles. The van der Waals surface area contributed by atoms with Crippen LogP contribution in [-0.4, -0.2) is 5.85 Å². The van der Waals surface area contributed by atoms with Crippen LogP contribution < -0.4 is 15.9 Å². The molecule has 0 amide bonds. The molecule has 0 N–H and O–H groups in total. The van der Waals surface area contributed by atoms with Gasteiger partial charge in [0, 0.05) is 6.42 Å². The molecule has 4 aromatic rings. The topological polar surface area (TPSA) is 9.23 Å². The Morgan fingerprint density at radius 1 is 0.567 bits per heavy atom. The van der Waals surface area contributed by atoms with Gasteiger partial charge >= 0.3 is 0 Å². The molecule has 1 nitrogen and oxygen atoms in total. The molecule has 0 fully saturated rings. The summed E-state index contributed by atoms with van der Waals surface area (Å²) in [5.41, 5.74) is 1.21. The molecule has 4 rings (SSSR count). The second kappa shape index (κ2) is 9.85. The van der Waals surface area contributed by atoms with Crippen molar-refractivity contribution in [1.82, 2.24) is 0 Å². The monoisotopic (exact) mass is 411 g/mol. The third-order valence-electron chi connectivity index (χ3n) is 5.56. The van der Waals surface area contributed by atoms with Crippen LogP contribution in [0.5, 0.6) is 0 Å². The molecule has 0 aromatic heterocycles. The van der Waals surface area contributed by atoms with Gasteiger partial charge in [0.15, 0.2) is 5.85 Å². The van der Waals surface area contributed by atoms with Crippen molar-refractivity contribution in [1.29, 1.82) is 0 Å². The van der Waals surface area contributed by atoms with Crippen LogP contribution in [0.2, 0.25) is 0 Å². The maximum Gasteiger partial charge on any atom is 0.181 e. The van der Waals surface area contributed by atoms with Gasteiger partial charge < -0.3 is 4.74 Å². The van der Waals surface area contributed by atoms with Gasteiger partial charge in [-0.05, 0) is 42.0 Å². The fourth-order valence-electron chi connectivity index (χ4n) is 4.21. The van der Waals surface area contributed by atoms with Gasteiger partial charge in [0.25, 0.3) is 0 Å². The first-order valence-electron chi connectivity index (χ1n) is 10.6. The normalized spacial score (nSPS) is 12.4. The first-order chi connectivity index (χ1) is 14.9. The van der Waals surface area contributed by atoms with E-state index in [1.165, 1.54) is 21.5 Å². The van der Waals surface area contributed by atoms with E-state index >= 15 is 0 Å². The molecule has 2 heteroatoms. The molecule has 0 bridgehead atoms. The molecule has 0 spiro atoms. The van der Waals surface area contributed by atoms with Crippen molar-refractivity contribution in [3.05, 3.63) is 127 Å². The molecule has 0 aliphatic carbocycles. The van der Waals surface area contributed by atoms with Gasteiger partial charge in [0.2, 0.25) is 0 Å². The molecule has 0 radical (unpaired) electrons. The van der Waals surface area contributed by atoms with Crippen molar-refractivity contribution < 1.29 is 4.74 Å². The number of hydrogen-bond donors (Lipinski definition) is 0. The van der Waals surface area contributed by atoms with E-state index in [1.807, 2.05) is 0 Å². The quantitative estimate of drug-likeness (QED) is 0.326. The molecule has 0 aliphatic heterocycles. The minimum absolute atomic E-state index is 0.0879. The average Bonchev–Trinajstić information content (AvgIpc) is 2.84. The zero-order valence-electron chi connectivity index (χ0n) is 17.4. The molecule has 4 aromatic carbocycles. The third kappa shape index (κ3) is 4.10. The average molecular weight is 412 g/mol. The van der Waals surface area contributed by atoms with E-state index in [2.05, 4.69) is 128 Å². The van der Waals surface area contributed by atoms with Gasteiger partial charge in [-0.3, -0.25) is 0 Å². The Morgan fingerprint density at radius 2 is 0.933 bits per heavy atom. The Hall–Kier alpha value is -2.73.